The molecular formula is C22H33NO4. The Morgan fingerprint density at radius 3 is 2.63 bits per heavy atom. The molecule has 0 spiro atoms. The standard InChI is InChI=1S/C22H33NO4/c24-20(17-18-9-4-3-5-10-18)15-14-19-11-8-12-21(25)23(19)16-7-2-1-6-13-22(26)27/h3-5,9-10,19-20,24H,1-2,6-8,11-17H2,(H,26,27)/t19-,20-/m1/s1. The maximum absolute atomic E-state index is 12.3. The molecule has 0 aliphatic carbocycles. The molecule has 27 heavy (non-hydrogen) atoms. The molecular weight excluding hydrogens is 342 g/mol. The van der Waals surface area contributed by atoms with Crippen molar-refractivity contribution in [3.8, 4) is 0 Å². The van der Waals surface area contributed by atoms with Crippen LogP contribution in [0.2, 0.25) is 0 Å². The predicted octanol–water partition coefficient (Wildman–Crippen LogP) is 3.79. The molecule has 1 amide bonds. The number of carboxylic acids is 1. The molecule has 1 heterocycles. The number of aliphatic hydroxyl groups is 1. The van der Waals surface area contributed by atoms with Crippen molar-refractivity contribution in [2.45, 2.75) is 82.8 Å². The smallest absolute Gasteiger partial charge is 0.303 e. The van der Waals surface area contributed by atoms with Crippen molar-refractivity contribution in [2.75, 3.05) is 6.54 Å². The number of aliphatic hydroxyl groups excluding tert-OH is 1. The maximum Gasteiger partial charge on any atom is 0.303 e. The van der Waals surface area contributed by atoms with Gasteiger partial charge in [0.1, 0.15) is 0 Å². The number of piperidine rings is 1. The predicted molar refractivity (Wildman–Crippen MR) is 105 cm³/mol. The molecule has 0 radical (unpaired) electrons. The van der Waals surface area contributed by atoms with Crippen LogP contribution in [0.3, 0.4) is 0 Å². The van der Waals surface area contributed by atoms with Gasteiger partial charge in [0.15, 0.2) is 0 Å². The van der Waals surface area contributed by atoms with Gasteiger partial charge < -0.3 is 15.1 Å². The van der Waals surface area contributed by atoms with E-state index in [1.807, 2.05) is 35.2 Å². The number of amides is 1. The van der Waals surface area contributed by atoms with Gasteiger partial charge in [-0.1, -0.05) is 43.2 Å². The van der Waals surface area contributed by atoms with E-state index in [2.05, 4.69) is 0 Å². The van der Waals surface area contributed by atoms with Gasteiger partial charge in [0.2, 0.25) is 5.91 Å². The molecule has 2 N–H and O–H groups in total. The molecule has 0 unspecified atom stereocenters. The van der Waals surface area contributed by atoms with E-state index in [0.717, 1.165) is 50.6 Å². The lowest BCUT2D eigenvalue weighted by atomic mass is 9.94. The second kappa shape index (κ2) is 11.8. The topological polar surface area (TPSA) is 77.8 Å². The van der Waals surface area contributed by atoms with E-state index in [1.165, 1.54) is 0 Å². The Bertz CT molecular complexity index is 575. The van der Waals surface area contributed by atoms with Crippen molar-refractivity contribution in [3.63, 3.8) is 0 Å². The first-order valence-electron chi connectivity index (χ1n) is 10.3. The van der Waals surface area contributed by atoms with Crippen molar-refractivity contribution in [1.29, 1.82) is 0 Å². The van der Waals surface area contributed by atoms with Crippen LogP contribution in [-0.2, 0) is 16.0 Å². The summed E-state index contributed by atoms with van der Waals surface area (Å²) in [6, 6.07) is 10.2. The Morgan fingerprint density at radius 2 is 1.89 bits per heavy atom. The van der Waals surface area contributed by atoms with Gasteiger partial charge in [-0.3, -0.25) is 9.59 Å². The number of unbranched alkanes of at least 4 members (excludes halogenated alkanes) is 3. The first-order valence-corrected chi connectivity index (χ1v) is 10.3. The fourth-order valence-corrected chi connectivity index (χ4v) is 3.88. The minimum Gasteiger partial charge on any atom is -0.481 e. The van der Waals surface area contributed by atoms with Gasteiger partial charge in [-0.05, 0) is 50.5 Å². The van der Waals surface area contributed by atoms with E-state index in [0.29, 0.717) is 25.7 Å². The summed E-state index contributed by atoms with van der Waals surface area (Å²) in [5, 5.41) is 19.0. The van der Waals surface area contributed by atoms with Crippen molar-refractivity contribution in [3.05, 3.63) is 35.9 Å². The maximum atomic E-state index is 12.3. The van der Waals surface area contributed by atoms with Crippen LogP contribution in [0, 0.1) is 0 Å². The number of carbonyl (C=O) groups excluding carboxylic acids is 1. The van der Waals surface area contributed by atoms with E-state index in [9.17, 15) is 14.7 Å². The highest BCUT2D eigenvalue weighted by Gasteiger charge is 2.27. The molecule has 0 aromatic heterocycles. The van der Waals surface area contributed by atoms with Gasteiger partial charge in [0, 0.05) is 25.4 Å². The molecule has 1 aliphatic rings. The number of benzene rings is 1. The van der Waals surface area contributed by atoms with Crippen LogP contribution in [0.1, 0.15) is 69.8 Å². The van der Waals surface area contributed by atoms with Crippen LogP contribution in [0.4, 0.5) is 0 Å². The number of hydrogen-bond acceptors (Lipinski definition) is 3. The van der Waals surface area contributed by atoms with E-state index >= 15 is 0 Å². The molecule has 0 bridgehead atoms. The van der Waals surface area contributed by atoms with Gasteiger partial charge in [-0.2, -0.15) is 0 Å². The summed E-state index contributed by atoms with van der Waals surface area (Å²) >= 11 is 0. The largest absolute Gasteiger partial charge is 0.481 e. The van der Waals surface area contributed by atoms with Crippen molar-refractivity contribution >= 4 is 11.9 Å². The average molecular weight is 376 g/mol. The Morgan fingerprint density at radius 1 is 1.15 bits per heavy atom. The minimum atomic E-state index is -0.740. The monoisotopic (exact) mass is 375 g/mol. The third kappa shape index (κ3) is 8.12. The van der Waals surface area contributed by atoms with Gasteiger partial charge in [0.25, 0.3) is 0 Å². The van der Waals surface area contributed by atoms with E-state index in [-0.39, 0.29) is 24.5 Å². The average Bonchev–Trinajstić information content (AvgIpc) is 2.65. The number of likely N-dealkylation sites (tertiary alicyclic amines) is 1. The molecule has 5 heteroatoms. The van der Waals surface area contributed by atoms with Crippen molar-refractivity contribution in [2.24, 2.45) is 0 Å². The number of hydrogen-bond donors (Lipinski definition) is 2. The highest BCUT2D eigenvalue weighted by molar-refractivity contribution is 5.77. The number of aliphatic carboxylic acids is 1. The summed E-state index contributed by atoms with van der Waals surface area (Å²) in [6.45, 7) is 0.755. The van der Waals surface area contributed by atoms with Gasteiger partial charge in [-0.15, -0.1) is 0 Å². The molecule has 1 aliphatic heterocycles. The molecule has 5 nitrogen and oxygen atoms in total. The summed E-state index contributed by atoms with van der Waals surface area (Å²) in [7, 11) is 0. The van der Waals surface area contributed by atoms with Crippen LogP contribution in [0.15, 0.2) is 30.3 Å². The van der Waals surface area contributed by atoms with Crippen molar-refractivity contribution in [1.82, 2.24) is 4.90 Å². The molecule has 1 fully saturated rings. The zero-order valence-corrected chi connectivity index (χ0v) is 16.2. The number of carboxylic acid groups (broad SMARTS) is 1. The Kier molecular flexibility index (Phi) is 9.32. The van der Waals surface area contributed by atoms with Gasteiger partial charge in [-0.25, -0.2) is 0 Å². The van der Waals surface area contributed by atoms with Crippen LogP contribution < -0.4 is 0 Å². The molecule has 1 saturated heterocycles. The second-order valence-electron chi connectivity index (χ2n) is 7.61. The summed E-state index contributed by atoms with van der Waals surface area (Å²) in [5.74, 6) is -0.510. The summed E-state index contributed by atoms with van der Waals surface area (Å²) in [6.07, 6.45) is 8.14. The Balaban J connectivity index is 1.72. The lowest BCUT2D eigenvalue weighted by molar-refractivity contribution is -0.137. The van der Waals surface area contributed by atoms with Crippen LogP contribution in [0.25, 0.3) is 0 Å². The highest BCUT2D eigenvalue weighted by atomic mass is 16.4. The minimum absolute atomic E-state index is 0.227. The number of nitrogens with zero attached hydrogens (tertiary/aromatic N) is 1. The third-order valence-electron chi connectivity index (χ3n) is 5.38. The highest BCUT2D eigenvalue weighted by Crippen LogP contribution is 2.24. The fourth-order valence-electron chi connectivity index (χ4n) is 3.88. The number of rotatable bonds is 12. The Labute approximate surface area is 162 Å². The molecule has 150 valence electrons. The van der Waals surface area contributed by atoms with E-state index < -0.39 is 5.97 Å². The third-order valence-corrected chi connectivity index (χ3v) is 5.38. The van der Waals surface area contributed by atoms with E-state index in [1.54, 1.807) is 0 Å². The van der Waals surface area contributed by atoms with Gasteiger partial charge >= 0.3 is 5.97 Å². The molecule has 0 saturated carbocycles. The Hall–Kier alpha value is -1.88. The lowest BCUT2D eigenvalue weighted by Gasteiger charge is -2.36. The zero-order valence-electron chi connectivity index (χ0n) is 16.2. The SMILES string of the molecule is O=C(O)CCCCCCN1C(=O)CCC[C@@H]1CC[C@@H](O)Cc1ccccc1. The fraction of sp³-hybridized carbons (Fsp3) is 0.636. The zero-order chi connectivity index (χ0) is 19.5. The molecule has 1 aromatic rings. The normalized spacial score (nSPS) is 18.5. The summed E-state index contributed by atoms with van der Waals surface area (Å²) in [4.78, 5) is 24.9. The van der Waals surface area contributed by atoms with Crippen LogP contribution >= 0.6 is 0 Å². The molecule has 2 atom stereocenters. The van der Waals surface area contributed by atoms with Crippen LogP contribution in [-0.4, -0.2) is 45.7 Å². The molecule has 2 rings (SSSR count). The van der Waals surface area contributed by atoms with Crippen molar-refractivity contribution < 1.29 is 19.8 Å². The first-order chi connectivity index (χ1) is 13.1. The summed E-state index contributed by atoms with van der Waals surface area (Å²) < 4.78 is 0. The lowest BCUT2D eigenvalue weighted by Crippen LogP contribution is -2.44. The molecule has 1 aromatic carbocycles. The van der Waals surface area contributed by atoms with Crippen LogP contribution in [0.5, 0.6) is 0 Å². The number of carbonyl (C=O) groups is 2. The summed E-state index contributed by atoms with van der Waals surface area (Å²) in [5.41, 5.74) is 1.14. The van der Waals surface area contributed by atoms with Gasteiger partial charge in [0.05, 0.1) is 6.10 Å². The first kappa shape index (κ1) is 21.4. The second-order valence-corrected chi connectivity index (χ2v) is 7.61. The van der Waals surface area contributed by atoms with E-state index in [4.69, 9.17) is 5.11 Å². The quantitative estimate of drug-likeness (QED) is 0.545.